The van der Waals surface area contributed by atoms with E-state index in [1.807, 2.05) is 30.3 Å². The Morgan fingerprint density at radius 3 is 2.35 bits per heavy atom. The number of carbonyl (C=O) groups is 1. The summed E-state index contributed by atoms with van der Waals surface area (Å²) < 4.78 is 0. The number of thioether (sulfide) groups is 1. The van der Waals surface area contributed by atoms with E-state index < -0.39 is 0 Å². The molecule has 0 heterocycles. The van der Waals surface area contributed by atoms with Crippen LogP contribution >= 0.6 is 11.8 Å². The van der Waals surface area contributed by atoms with Crippen LogP contribution in [0.25, 0.3) is 0 Å². The molecule has 0 unspecified atom stereocenters. The molecule has 0 spiro atoms. The molecule has 0 N–H and O–H groups in total. The maximum Gasteiger partial charge on any atom is 0.165 e. The summed E-state index contributed by atoms with van der Waals surface area (Å²) in [4.78, 5) is 13.3. The van der Waals surface area contributed by atoms with Gasteiger partial charge in [0, 0.05) is 22.1 Å². The summed E-state index contributed by atoms with van der Waals surface area (Å²) in [7, 11) is 0. The second-order valence-corrected chi connectivity index (χ2v) is 5.10. The van der Waals surface area contributed by atoms with E-state index in [-0.39, 0.29) is 11.7 Å². The van der Waals surface area contributed by atoms with Crippen LogP contribution in [-0.4, -0.2) is 11.5 Å². The van der Waals surface area contributed by atoms with Gasteiger partial charge in [-0.2, -0.15) is 0 Å². The smallest absolute Gasteiger partial charge is 0.165 e. The van der Waals surface area contributed by atoms with E-state index in [9.17, 15) is 4.79 Å². The Hall–Kier alpha value is -1.02. The van der Waals surface area contributed by atoms with Crippen LogP contribution in [0.5, 0.6) is 0 Å². The molecule has 0 saturated heterocycles. The predicted molar refractivity (Wildman–Crippen MR) is 75.8 cm³/mol. The van der Waals surface area contributed by atoms with Gasteiger partial charge in [-0.1, -0.05) is 32.1 Å². The first-order chi connectivity index (χ1) is 8.22. The van der Waals surface area contributed by atoms with Gasteiger partial charge >= 0.3 is 0 Å². The van der Waals surface area contributed by atoms with E-state index in [0.29, 0.717) is 0 Å². The zero-order valence-electron chi connectivity index (χ0n) is 10.6. The second kappa shape index (κ2) is 7.33. The molecule has 1 aromatic carbocycles. The topological polar surface area (TPSA) is 17.1 Å². The summed E-state index contributed by atoms with van der Waals surface area (Å²) in [5, 5.41) is 0. The second-order valence-electron chi connectivity index (χ2n) is 4.00. The molecular formula is C15H20OS. The molecule has 2 heteroatoms. The Morgan fingerprint density at radius 1 is 1.29 bits per heavy atom. The van der Waals surface area contributed by atoms with Crippen LogP contribution in [0.4, 0.5) is 0 Å². The van der Waals surface area contributed by atoms with Crippen LogP contribution in [0.3, 0.4) is 0 Å². The molecule has 0 saturated carbocycles. The van der Waals surface area contributed by atoms with E-state index in [4.69, 9.17) is 0 Å². The summed E-state index contributed by atoms with van der Waals surface area (Å²) >= 11 is 1.73. The minimum Gasteiger partial charge on any atom is -0.294 e. The van der Waals surface area contributed by atoms with Gasteiger partial charge in [-0.25, -0.2) is 0 Å². The lowest BCUT2D eigenvalue weighted by molar-refractivity contribution is 0.0913. The highest BCUT2D eigenvalue weighted by molar-refractivity contribution is 7.99. The van der Waals surface area contributed by atoms with E-state index in [1.54, 1.807) is 11.8 Å². The fraction of sp³-hybridized carbons (Fsp3) is 0.400. The Morgan fingerprint density at radius 2 is 1.88 bits per heavy atom. The molecular weight excluding hydrogens is 228 g/mol. The Labute approximate surface area is 108 Å². The lowest BCUT2D eigenvalue weighted by Crippen LogP contribution is -2.12. The number of carbonyl (C=O) groups excluding carboxylic acids is 1. The Kier molecular flexibility index (Phi) is 6.06. The van der Waals surface area contributed by atoms with Gasteiger partial charge in [0.05, 0.1) is 0 Å². The van der Waals surface area contributed by atoms with Crippen LogP contribution in [0.15, 0.2) is 41.8 Å². The highest BCUT2D eigenvalue weighted by atomic mass is 32.2. The molecule has 0 radical (unpaired) electrons. The van der Waals surface area contributed by atoms with Gasteiger partial charge in [0.2, 0.25) is 0 Å². The van der Waals surface area contributed by atoms with Crippen molar-refractivity contribution in [3.05, 3.63) is 42.5 Å². The van der Waals surface area contributed by atoms with E-state index in [0.717, 1.165) is 24.2 Å². The lowest BCUT2D eigenvalue weighted by Gasteiger charge is -2.11. The number of ketones is 1. The summed E-state index contributed by atoms with van der Waals surface area (Å²) in [5.41, 5.74) is 0.835. The summed E-state index contributed by atoms with van der Waals surface area (Å²) in [6.07, 6.45) is 3.72. The lowest BCUT2D eigenvalue weighted by atomic mass is 9.93. The standard InChI is InChI=1S/C15H20OS/c1-4-11-17-14-9-7-13(8-10-14)15(16)12(5-2)6-3/h4,7-10,12H,1,5-6,11H2,2-3H3. The highest BCUT2D eigenvalue weighted by Crippen LogP contribution is 2.21. The van der Waals surface area contributed by atoms with Gasteiger partial charge < -0.3 is 0 Å². The third kappa shape index (κ3) is 4.04. The third-order valence-corrected chi connectivity index (χ3v) is 3.87. The van der Waals surface area contributed by atoms with Crippen molar-refractivity contribution in [3.8, 4) is 0 Å². The number of Topliss-reactive ketones (excluding diaryl/α,β-unsaturated/α-hetero) is 1. The number of rotatable bonds is 7. The van der Waals surface area contributed by atoms with Crippen molar-refractivity contribution in [2.45, 2.75) is 31.6 Å². The predicted octanol–water partition coefficient (Wildman–Crippen LogP) is 4.58. The van der Waals surface area contributed by atoms with Crippen LogP contribution in [0, 0.1) is 5.92 Å². The van der Waals surface area contributed by atoms with Crippen LogP contribution in [0.1, 0.15) is 37.0 Å². The van der Waals surface area contributed by atoms with Crippen molar-refractivity contribution in [1.82, 2.24) is 0 Å². The van der Waals surface area contributed by atoms with Crippen molar-refractivity contribution in [2.75, 3.05) is 5.75 Å². The molecule has 1 nitrogen and oxygen atoms in total. The third-order valence-electron chi connectivity index (χ3n) is 2.86. The maximum absolute atomic E-state index is 12.1. The molecule has 0 bridgehead atoms. The number of hydrogen-bond donors (Lipinski definition) is 0. The average molecular weight is 248 g/mol. The van der Waals surface area contributed by atoms with E-state index >= 15 is 0 Å². The van der Waals surface area contributed by atoms with E-state index in [2.05, 4.69) is 20.4 Å². The van der Waals surface area contributed by atoms with Crippen molar-refractivity contribution in [3.63, 3.8) is 0 Å². The van der Waals surface area contributed by atoms with Crippen LogP contribution < -0.4 is 0 Å². The first kappa shape index (κ1) is 14.0. The van der Waals surface area contributed by atoms with Gasteiger partial charge in [0.15, 0.2) is 5.78 Å². The van der Waals surface area contributed by atoms with Gasteiger partial charge in [-0.3, -0.25) is 4.79 Å². The van der Waals surface area contributed by atoms with Crippen molar-refractivity contribution >= 4 is 17.5 Å². The molecule has 1 rings (SSSR count). The molecule has 92 valence electrons. The summed E-state index contributed by atoms with van der Waals surface area (Å²) in [6.45, 7) is 7.83. The number of hydrogen-bond acceptors (Lipinski definition) is 2. The Balaban J connectivity index is 2.72. The summed E-state index contributed by atoms with van der Waals surface area (Å²) in [6, 6.07) is 7.91. The van der Waals surface area contributed by atoms with Crippen molar-refractivity contribution in [1.29, 1.82) is 0 Å². The zero-order chi connectivity index (χ0) is 12.7. The Bertz CT molecular complexity index is 363. The average Bonchev–Trinajstić information content (AvgIpc) is 2.38. The molecule has 17 heavy (non-hydrogen) atoms. The van der Waals surface area contributed by atoms with Crippen molar-refractivity contribution < 1.29 is 4.79 Å². The first-order valence-electron chi connectivity index (χ1n) is 6.10. The highest BCUT2D eigenvalue weighted by Gasteiger charge is 2.15. The molecule has 0 amide bonds. The maximum atomic E-state index is 12.1. The molecule has 0 fully saturated rings. The van der Waals surface area contributed by atoms with Gasteiger partial charge in [-0.15, -0.1) is 18.3 Å². The van der Waals surface area contributed by atoms with Crippen LogP contribution in [-0.2, 0) is 0 Å². The molecule has 0 atom stereocenters. The van der Waals surface area contributed by atoms with Gasteiger partial charge in [0.25, 0.3) is 0 Å². The minimum absolute atomic E-state index is 0.168. The quantitative estimate of drug-likeness (QED) is 0.399. The molecule has 1 aromatic rings. The minimum atomic E-state index is 0.168. The van der Waals surface area contributed by atoms with Gasteiger partial charge in [0.1, 0.15) is 0 Å². The SMILES string of the molecule is C=CCSc1ccc(C(=O)C(CC)CC)cc1. The first-order valence-corrected chi connectivity index (χ1v) is 7.09. The van der Waals surface area contributed by atoms with E-state index in [1.165, 1.54) is 4.90 Å². The molecule has 0 aliphatic rings. The largest absolute Gasteiger partial charge is 0.294 e. The monoisotopic (exact) mass is 248 g/mol. The summed E-state index contributed by atoms with van der Waals surface area (Å²) in [5.74, 6) is 1.34. The fourth-order valence-electron chi connectivity index (χ4n) is 1.77. The molecule has 0 aliphatic carbocycles. The molecule has 0 aliphatic heterocycles. The normalized spacial score (nSPS) is 10.5. The van der Waals surface area contributed by atoms with Gasteiger partial charge in [-0.05, 0) is 25.0 Å². The fourth-order valence-corrected chi connectivity index (χ4v) is 2.40. The molecule has 0 aromatic heterocycles. The van der Waals surface area contributed by atoms with Crippen molar-refractivity contribution in [2.24, 2.45) is 5.92 Å². The number of benzene rings is 1. The zero-order valence-corrected chi connectivity index (χ0v) is 11.4. The van der Waals surface area contributed by atoms with Crippen LogP contribution in [0.2, 0.25) is 0 Å².